The van der Waals surface area contributed by atoms with Gasteiger partial charge in [0.25, 0.3) is 5.91 Å². The Bertz CT molecular complexity index is 618. The number of aromatic nitrogens is 2. The van der Waals surface area contributed by atoms with Crippen LogP contribution in [-0.4, -0.2) is 22.0 Å². The highest BCUT2D eigenvalue weighted by Crippen LogP contribution is 2.12. The standard InChI is InChI=1S/C16H22N4O/c1-12-5-6-14(17)11-15(12)16(21)19-7-3-4-9-20-10-8-18-13(20)2/h5-6,8,10-11H,3-4,7,9,17H2,1-2H3,(H,19,21). The van der Waals surface area contributed by atoms with E-state index in [-0.39, 0.29) is 5.91 Å². The number of nitrogens with one attached hydrogen (secondary N) is 1. The minimum atomic E-state index is -0.0568. The van der Waals surface area contributed by atoms with Gasteiger partial charge in [-0.1, -0.05) is 6.07 Å². The van der Waals surface area contributed by atoms with E-state index in [4.69, 9.17) is 5.73 Å². The van der Waals surface area contributed by atoms with Gasteiger partial charge in [0.2, 0.25) is 0 Å². The highest BCUT2D eigenvalue weighted by molar-refractivity contribution is 5.96. The Hall–Kier alpha value is -2.30. The summed E-state index contributed by atoms with van der Waals surface area (Å²) in [4.78, 5) is 16.3. The van der Waals surface area contributed by atoms with Crippen LogP contribution in [0.3, 0.4) is 0 Å². The molecule has 1 amide bonds. The van der Waals surface area contributed by atoms with E-state index >= 15 is 0 Å². The van der Waals surface area contributed by atoms with Crippen LogP contribution in [-0.2, 0) is 6.54 Å². The van der Waals surface area contributed by atoms with Crippen LogP contribution in [0.4, 0.5) is 5.69 Å². The number of nitrogens with zero attached hydrogens (tertiary/aromatic N) is 2. The first-order valence-electron chi connectivity index (χ1n) is 7.20. The third-order valence-corrected chi connectivity index (χ3v) is 3.54. The van der Waals surface area contributed by atoms with Crippen molar-refractivity contribution in [3.05, 3.63) is 47.5 Å². The second kappa shape index (κ2) is 6.92. The van der Waals surface area contributed by atoms with E-state index in [0.29, 0.717) is 17.8 Å². The van der Waals surface area contributed by atoms with Crippen molar-refractivity contribution in [2.24, 2.45) is 0 Å². The maximum absolute atomic E-state index is 12.1. The fourth-order valence-electron chi connectivity index (χ4n) is 2.23. The molecule has 0 bridgehead atoms. The molecule has 0 saturated heterocycles. The van der Waals surface area contributed by atoms with Gasteiger partial charge in [-0.15, -0.1) is 0 Å². The molecule has 21 heavy (non-hydrogen) atoms. The Morgan fingerprint density at radius 2 is 2.14 bits per heavy atom. The highest BCUT2D eigenvalue weighted by Gasteiger charge is 2.08. The average molecular weight is 286 g/mol. The van der Waals surface area contributed by atoms with Gasteiger partial charge >= 0.3 is 0 Å². The van der Waals surface area contributed by atoms with E-state index < -0.39 is 0 Å². The lowest BCUT2D eigenvalue weighted by Crippen LogP contribution is -2.25. The molecule has 0 aliphatic carbocycles. The molecule has 2 aromatic rings. The Kier molecular flexibility index (Phi) is 4.98. The number of aryl methyl sites for hydroxylation is 3. The predicted molar refractivity (Wildman–Crippen MR) is 84.1 cm³/mol. The van der Waals surface area contributed by atoms with Gasteiger partial charge < -0.3 is 15.6 Å². The molecule has 5 heteroatoms. The van der Waals surface area contributed by atoms with E-state index in [2.05, 4.69) is 14.9 Å². The third-order valence-electron chi connectivity index (χ3n) is 3.54. The molecule has 0 saturated carbocycles. The van der Waals surface area contributed by atoms with Gasteiger partial charge in [-0.3, -0.25) is 4.79 Å². The molecule has 5 nitrogen and oxygen atoms in total. The Morgan fingerprint density at radius 1 is 1.33 bits per heavy atom. The van der Waals surface area contributed by atoms with Crippen molar-refractivity contribution in [3.63, 3.8) is 0 Å². The van der Waals surface area contributed by atoms with Crippen molar-refractivity contribution >= 4 is 11.6 Å². The number of amides is 1. The van der Waals surface area contributed by atoms with Crippen molar-refractivity contribution < 1.29 is 4.79 Å². The van der Waals surface area contributed by atoms with Crippen LogP contribution < -0.4 is 11.1 Å². The number of carbonyl (C=O) groups is 1. The van der Waals surface area contributed by atoms with Gasteiger partial charge in [0, 0.05) is 36.7 Å². The van der Waals surface area contributed by atoms with E-state index in [1.54, 1.807) is 18.3 Å². The zero-order valence-corrected chi connectivity index (χ0v) is 12.6. The molecule has 0 spiro atoms. The van der Waals surface area contributed by atoms with Crippen molar-refractivity contribution in [2.45, 2.75) is 33.2 Å². The van der Waals surface area contributed by atoms with Crippen LogP contribution in [0.15, 0.2) is 30.6 Å². The lowest BCUT2D eigenvalue weighted by atomic mass is 10.1. The number of anilines is 1. The lowest BCUT2D eigenvalue weighted by Gasteiger charge is -2.09. The van der Waals surface area contributed by atoms with Crippen LogP contribution in [0.25, 0.3) is 0 Å². The van der Waals surface area contributed by atoms with Crippen molar-refractivity contribution in [3.8, 4) is 0 Å². The molecule has 0 aliphatic heterocycles. The van der Waals surface area contributed by atoms with Crippen molar-refractivity contribution in [1.82, 2.24) is 14.9 Å². The van der Waals surface area contributed by atoms with Gasteiger partial charge in [0.15, 0.2) is 0 Å². The molecular weight excluding hydrogens is 264 g/mol. The summed E-state index contributed by atoms with van der Waals surface area (Å²) in [7, 11) is 0. The number of carbonyl (C=O) groups excluding carboxylic acids is 1. The molecule has 0 fully saturated rings. The highest BCUT2D eigenvalue weighted by atomic mass is 16.1. The average Bonchev–Trinajstić information content (AvgIpc) is 2.86. The third kappa shape index (κ3) is 4.08. The van der Waals surface area contributed by atoms with Gasteiger partial charge in [-0.25, -0.2) is 4.98 Å². The Labute approximate surface area is 125 Å². The fourth-order valence-corrected chi connectivity index (χ4v) is 2.23. The fraction of sp³-hybridized carbons (Fsp3) is 0.375. The number of imidazole rings is 1. The molecule has 112 valence electrons. The van der Waals surface area contributed by atoms with E-state index in [9.17, 15) is 4.79 Å². The summed E-state index contributed by atoms with van der Waals surface area (Å²) in [5, 5.41) is 2.94. The van der Waals surface area contributed by atoms with E-state index in [1.165, 1.54) is 0 Å². The van der Waals surface area contributed by atoms with Crippen LogP contribution in [0.5, 0.6) is 0 Å². The summed E-state index contributed by atoms with van der Waals surface area (Å²) in [6.45, 7) is 5.50. The normalized spacial score (nSPS) is 10.6. The summed E-state index contributed by atoms with van der Waals surface area (Å²) in [6, 6.07) is 5.39. The molecule has 0 unspecified atom stereocenters. The number of benzene rings is 1. The predicted octanol–water partition coefficient (Wildman–Crippen LogP) is 2.29. The van der Waals surface area contributed by atoms with Crippen LogP contribution in [0.1, 0.15) is 34.6 Å². The first-order chi connectivity index (χ1) is 10.1. The van der Waals surface area contributed by atoms with Crippen molar-refractivity contribution in [2.75, 3.05) is 12.3 Å². The zero-order chi connectivity index (χ0) is 15.2. The molecular formula is C16H22N4O. The Balaban J connectivity index is 1.74. The smallest absolute Gasteiger partial charge is 0.251 e. The van der Waals surface area contributed by atoms with Gasteiger partial charge in [-0.05, 0) is 44.4 Å². The molecule has 1 aromatic heterocycles. The second-order valence-corrected chi connectivity index (χ2v) is 5.21. The van der Waals surface area contributed by atoms with Crippen molar-refractivity contribution in [1.29, 1.82) is 0 Å². The molecule has 0 aliphatic rings. The van der Waals surface area contributed by atoms with Crippen LogP contribution in [0.2, 0.25) is 0 Å². The minimum absolute atomic E-state index is 0.0568. The summed E-state index contributed by atoms with van der Waals surface area (Å²) in [5.41, 5.74) is 7.93. The molecule has 3 N–H and O–H groups in total. The van der Waals surface area contributed by atoms with Gasteiger partial charge in [0.1, 0.15) is 5.82 Å². The summed E-state index contributed by atoms with van der Waals surface area (Å²) < 4.78 is 2.11. The first kappa shape index (κ1) is 15.1. The maximum Gasteiger partial charge on any atom is 0.251 e. The lowest BCUT2D eigenvalue weighted by molar-refractivity contribution is 0.0952. The number of hydrogen-bond acceptors (Lipinski definition) is 3. The molecule has 0 radical (unpaired) electrons. The summed E-state index contributed by atoms with van der Waals surface area (Å²) in [6.07, 6.45) is 5.72. The van der Waals surface area contributed by atoms with Crippen LogP contribution in [0, 0.1) is 13.8 Å². The topological polar surface area (TPSA) is 72.9 Å². The zero-order valence-electron chi connectivity index (χ0n) is 12.6. The van der Waals surface area contributed by atoms with Gasteiger partial charge in [0.05, 0.1) is 0 Å². The Morgan fingerprint density at radius 3 is 2.86 bits per heavy atom. The minimum Gasteiger partial charge on any atom is -0.399 e. The largest absolute Gasteiger partial charge is 0.399 e. The summed E-state index contributed by atoms with van der Waals surface area (Å²) >= 11 is 0. The second-order valence-electron chi connectivity index (χ2n) is 5.21. The van der Waals surface area contributed by atoms with Crippen LogP contribution >= 0.6 is 0 Å². The molecule has 1 heterocycles. The van der Waals surface area contributed by atoms with Gasteiger partial charge in [-0.2, -0.15) is 0 Å². The number of nitrogens with two attached hydrogens (primary N) is 1. The quantitative estimate of drug-likeness (QED) is 0.632. The molecule has 0 atom stereocenters. The number of rotatable bonds is 6. The number of unbranched alkanes of at least 4 members (excludes halogenated alkanes) is 1. The first-order valence-corrected chi connectivity index (χ1v) is 7.20. The molecule has 1 aromatic carbocycles. The number of nitrogen functional groups attached to an aromatic ring is 1. The van der Waals surface area contributed by atoms with E-state index in [1.807, 2.05) is 26.1 Å². The van der Waals surface area contributed by atoms with E-state index in [0.717, 1.165) is 30.8 Å². The summed E-state index contributed by atoms with van der Waals surface area (Å²) in [5.74, 6) is 0.966. The maximum atomic E-state index is 12.1. The molecule has 2 rings (SSSR count). The number of hydrogen-bond donors (Lipinski definition) is 2. The monoisotopic (exact) mass is 286 g/mol. The SMILES string of the molecule is Cc1ccc(N)cc1C(=O)NCCCCn1ccnc1C.